The van der Waals surface area contributed by atoms with Crippen LogP contribution in [-0.2, 0) is 11.0 Å². The minimum atomic E-state index is -4.44. The SMILES string of the molecule is O=C(Nc1ccc(C(F)(F)F)cc1Cl)C1CCNC1. The molecule has 2 N–H and O–H groups in total. The van der Waals surface area contributed by atoms with Crippen LogP contribution in [0.4, 0.5) is 18.9 Å². The first-order chi connectivity index (χ1) is 8.88. The van der Waals surface area contributed by atoms with E-state index < -0.39 is 11.7 Å². The van der Waals surface area contributed by atoms with Gasteiger partial charge in [-0.1, -0.05) is 11.6 Å². The summed E-state index contributed by atoms with van der Waals surface area (Å²) in [6, 6.07) is 2.88. The lowest BCUT2D eigenvalue weighted by Crippen LogP contribution is -2.24. The van der Waals surface area contributed by atoms with Gasteiger partial charge >= 0.3 is 6.18 Å². The highest BCUT2D eigenvalue weighted by Gasteiger charge is 2.31. The summed E-state index contributed by atoms with van der Waals surface area (Å²) < 4.78 is 37.4. The molecule has 0 aliphatic carbocycles. The van der Waals surface area contributed by atoms with Gasteiger partial charge in [-0.05, 0) is 31.2 Å². The smallest absolute Gasteiger partial charge is 0.324 e. The van der Waals surface area contributed by atoms with Gasteiger partial charge in [0.15, 0.2) is 0 Å². The van der Waals surface area contributed by atoms with Crippen LogP contribution in [0.1, 0.15) is 12.0 Å². The fourth-order valence-electron chi connectivity index (χ4n) is 1.91. The molecule has 2 rings (SSSR count). The first kappa shape index (κ1) is 14.1. The molecule has 1 amide bonds. The van der Waals surface area contributed by atoms with Gasteiger partial charge in [-0.15, -0.1) is 0 Å². The highest BCUT2D eigenvalue weighted by Crippen LogP contribution is 2.33. The van der Waals surface area contributed by atoms with Crippen molar-refractivity contribution in [1.82, 2.24) is 5.32 Å². The molecular formula is C12H12ClF3N2O. The maximum absolute atomic E-state index is 12.5. The first-order valence-corrected chi connectivity index (χ1v) is 6.14. The zero-order valence-electron chi connectivity index (χ0n) is 9.85. The van der Waals surface area contributed by atoms with Crippen molar-refractivity contribution < 1.29 is 18.0 Å². The van der Waals surface area contributed by atoms with Gasteiger partial charge in [0, 0.05) is 6.54 Å². The van der Waals surface area contributed by atoms with Gasteiger partial charge in [0.1, 0.15) is 0 Å². The van der Waals surface area contributed by atoms with Gasteiger partial charge in [-0.3, -0.25) is 4.79 Å². The van der Waals surface area contributed by atoms with Crippen molar-refractivity contribution in [2.75, 3.05) is 18.4 Å². The number of halogens is 4. The molecule has 1 aliphatic rings. The van der Waals surface area contributed by atoms with E-state index in [0.29, 0.717) is 13.0 Å². The number of hydrogen-bond donors (Lipinski definition) is 2. The lowest BCUT2D eigenvalue weighted by molar-refractivity contribution is -0.137. The molecular weight excluding hydrogens is 281 g/mol. The van der Waals surface area contributed by atoms with Crippen LogP contribution in [0, 0.1) is 5.92 Å². The second kappa shape index (κ2) is 5.38. The molecule has 104 valence electrons. The molecule has 3 nitrogen and oxygen atoms in total. The van der Waals surface area contributed by atoms with Gasteiger partial charge < -0.3 is 10.6 Å². The molecule has 1 saturated heterocycles. The van der Waals surface area contributed by atoms with Crippen molar-refractivity contribution in [3.63, 3.8) is 0 Å². The standard InChI is InChI=1S/C12H12ClF3N2O/c13-9-5-8(12(14,15)16)1-2-10(9)18-11(19)7-3-4-17-6-7/h1-2,5,7,17H,3-4,6H2,(H,18,19). The van der Waals surface area contributed by atoms with Gasteiger partial charge in [-0.2, -0.15) is 13.2 Å². The number of benzene rings is 1. The predicted octanol–water partition coefficient (Wildman–Crippen LogP) is 2.91. The van der Waals surface area contributed by atoms with Crippen molar-refractivity contribution in [3.8, 4) is 0 Å². The van der Waals surface area contributed by atoms with Crippen LogP contribution in [0.3, 0.4) is 0 Å². The average molecular weight is 293 g/mol. The Morgan fingerprint density at radius 2 is 2.16 bits per heavy atom. The number of alkyl halides is 3. The van der Waals surface area contributed by atoms with Crippen LogP contribution < -0.4 is 10.6 Å². The van der Waals surface area contributed by atoms with E-state index in [-0.39, 0.29) is 22.5 Å². The van der Waals surface area contributed by atoms with Crippen molar-refractivity contribution in [3.05, 3.63) is 28.8 Å². The minimum absolute atomic E-state index is 0.117. The minimum Gasteiger partial charge on any atom is -0.324 e. The second-order valence-electron chi connectivity index (χ2n) is 4.37. The summed E-state index contributed by atoms with van der Waals surface area (Å²) in [5.41, 5.74) is -0.635. The van der Waals surface area contributed by atoms with Crippen molar-refractivity contribution in [2.24, 2.45) is 5.92 Å². The fourth-order valence-corrected chi connectivity index (χ4v) is 2.13. The van der Waals surface area contributed by atoms with Crippen LogP contribution >= 0.6 is 11.6 Å². The molecule has 0 radical (unpaired) electrons. The van der Waals surface area contributed by atoms with E-state index in [1.54, 1.807) is 0 Å². The molecule has 7 heteroatoms. The summed E-state index contributed by atoms with van der Waals surface area (Å²) in [4.78, 5) is 11.8. The number of nitrogens with one attached hydrogen (secondary N) is 2. The Bertz CT molecular complexity index is 484. The summed E-state index contributed by atoms with van der Waals surface area (Å²) in [5, 5.41) is 5.48. The van der Waals surface area contributed by atoms with Gasteiger partial charge in [0.25, 0.3) is 0 Å². The van der Waals surface area contributed by atoms with Crippen LogP contribution in [-0.4, -0.2) is 19.0 Å². The average Bonchev–Trinajstić information content (AvgIpc) is 2.84. The monoisotopic (exact) mass is 292 g/mol. The Morgan fingerprint density at radius 1 is 1.42 bits per heavy atom. The quantitative estimate of drug-likeness (QED) is 0.880. The Morgan fingerprint density at radius 3 is 2.68 bits per heavy atom. The van der Waals surface area contributed by atoms with Crippen molar-refractivity contribution >= 4 is 23.2 Å². The third-order valence-corrected chi connectivity index (χ3v) is 3.30. The normalized spacial score (nSPS) is 19.5. The highest BCUT2D eigenvalue weighted by atomic mass is 35.5. The van der Waals surface area contributed by atoms with Crippen molar-refractivity contribution in [1.29, 1.82) is 0 Å². The molecule has 0 bridgehead atoms. The Balaban J connectivity index is 2.11. The summed E-state index contributed by atoms with van der Waals surface area (Å²) in [7, 11) is 0. The van der Waals surface area contributed by atoms with E-state index in [2.05, 4.69) is 10.6 Å². The molecule has 0 saturated carbocycles. The zero-order chi connectivity index (χ0) is 14.0. The van der Waals surface area contributed by atoms with Crippen LogP contribution in [0.5, 0.6) is 0 Å². The zero-order valence-corrected chi connectivity index (χ0v) is 10.6. The molecule has 0 spiro atoms. The maximum atomic E-state index is 12.5. The second-order valence-corrected chi connectivity index (χ2v) is 4.78. The Kier molecular flexibility index (Phi) is 4.01. The summed E-state index contributed by atoms with van der Waals surface area (Å²) in [6.45, 7) is 1.34. The molecule has 19 heavy (non-hydrogen) atoms. The number of carbonyl (C=O) groups excluding carboxylic acids is 1. The number of amides is 1. The third kappa shape index (κ3) is 3.39. The van der Waals surface area contributed by atoms with E-state index in [1.807, 2.05) is 0 Å². The molecule has 1 aromatic rings. The molecule has 1 fully saturated rings. The third-order valence-electron chi connectivity index (χ3n) is 2.99. The van der Waals surface area contributed by atoms with Gasteiger partial charge in [0.2, 0.25) is 5.91 Å². The fraction of sp³-hybridized carbons (Fsp3) is 0.417. The number of carbonyl (C=O) groups is 1. The van der Waals surface area contributed by atoms with E-state index in [1.165, 1.54) is 6.07 Å². The van der Waals surface area contributed by atoms with E-state index in [0.717, 1.165) is 18.7 Å². The number of rotatable bonds is 2. The molecule has 1 aromatic carbocycles. The highest BCUT2D eigenvalue weighted by molar-refractivity contribution is 6.33. The lowest BCUT2D eigenvalue weighted by atomic mass is 10.1. The maximum Gasteiger partial charge on any atom is 0.416 e. The van der Waals surface area contributed by atoms with E-state index in [9.17, 15) is 18.0 Å². The molecule has 1 aliphatic heterocycles. The van der Waals surface area contributed by atoms with Crippen LogP contribution in [0.2, 0.25) is 5.02 Å². The molecule has 1 unspecified atom stereocenters. The Labute approximate surface area is 113 Å². The predicted molar refractivity (Wildman–Crippen MR) is 66.1 cm³/mol. The van der Waals surface area contributed by atoms with E-state index in [4.69, 9.17) is 11.6 Å². The van der Waals surface area contributed by atoms with Gasteiger partial charge in [-0.25, -0.2) is 0 Å². The molecule has 0 aromatic heterocycles. The summed E-state index contributed by atoms with van der Waals surface area (Å²) >= 11 is 5.76. The summed E-state index contributed by atoms with van der Waals surface area (Å²) in [5.74, 6) is -0.398. The van der Waals surface area contributed by atoms with E-state index >= 15 is 0 Å². The van der Waals surface area contributed by atoms with Crippen molar-refractivity contribution in [2.45, 2.75) is 12.6 Å². The summed E-state index contributed by atoms with van der Waals surface area (Å²) in [6.07, 6.45) is -3.73. The Hall–Kier alpha value is -1.27. The van der Waals surface area contributed by atoms with Crippen LogP contribution in [0.25, 0.3) is 0 Å². The largest absolute Gasteiger partial charge is 0.416 e. The number of hydrogen-bond acceptors (Lipinski definition) is 2. The molecule has 1 heterocycles. The lowest BCUT2D eigenvalue weighted by Gasteiger charge is -2.13. The van der Waals surface area contributed by atoms with Gasteiger partial charge in [0.05, 0.1) is 22.2 Å². The van der Waals surface area contributed by atoms with Crippen LogP contribution in [0.15, 0.2) is 18.2 Å². The molecule has 1 atom stereocenters. The number of anilines is 1. The first-order valence-electron chi connectivity index (χ1n) is 5.76. The topological polar surface area (TPSA) is 41.1 Å².